The zero-order chi connectivity index (χ0) is 21.5. The fourth-order valence-corrected chi connectivity index (χ4v) is 2.99. The fourth-order valence-electron chi connectivity index (χ4n) is 2.99. The molecule has 156 valence electrons. The SMILES string of the molecule is CCNc1ccc(F)c(Cc2cc(C)cc(NCC(=O)Nc3ccc(F)nc3)c2)n1. The predicted octanol–water partition coefficient (Wildman–Crippen LogP) is 4.14. The van der Waals surface area contributed by atoms with Gasteiger partial charge in [0.2, 0.25) is 11.9 Å². The summed E-state index contributed by atoms with van der Waals surface area (Å²) in [5, 5.41) is 8.77. The molecule has 3 N–H and O–H groups in total. The number of carbonyl (C=O) groups excluding carboxylic acids is 1. The molecule has 8 heteroatoms. The summed E-state index contributed by atoms with van der Waals surface area (Å²) in [6, 6.07) is 11.3. The van der Waals surface area contributed by atoms with Gasteiger partial charge in [0, 0.05) is 18.7 Å². The highest BCUT2D eigenvalue weighted by atomic mass is 19.1. The largest absolute Gasteiger partial charge is 0.376 e. The van der Waals surface area contributed by atoms with Gasteiger partial charge in [-0.3, -0.25) is 4.79 Å². The van der Waals surface area contributed by atoms with E-state index in [2.05, 4.69) is 25.9 Å². The van der Waals surface area contributed by atoms with Gasteiger partial charge in [0.1, 0.15) is 11.6 Å². The molecule has 0 aliphatic heterocycles. The number of hydrogen-bond acceptors (Lipinski definition) is 5. The molecule has 0 radical (unpaired) electrons. The molecule has 30 heavy (non-hydrogen) atoms. The third-order valence-electron chi connectivity index (χ3n) is 4.25. The molecule has 0 aliphatic carbocycles. The molecular weight excluding hydrogens is 388 g/mol. The van der Waals surface area contributed by atoms with Crippen molar-refractivity contribution >= 4 is 23.1 Å². The topological polar surface area (TPSA) is 78.9 Å². The van der Waals surface area contributed by atoms with Crippen molar-refractivity contribution in [2.24, 2.45) is 0 Å². The number of amides is 1. The highest BCUT2D eigenvalue weighted by molar-refractivity contribution is 5.93. The van der Waals surface area contributed by atoms with Crippen LogP contribution in [-0.4, -0.2) is 29.0 Å². The number of rotatable bonds is 8. The highest BCUT2D eigenvalue weighted by Gasteiger charge is 2.09. The average Bonchev–Trinajstić information content (AvgIpc) is 2.70. The summed E-state index contributed by atoms with van der Waals surface area (Å²) in [5.41, 5.74) is 3.35. The number of anilines is 3. The lowest BCUT2D eigenvalue weighted by Crippen LogP contribution is -2.22. The van der Waals surface area contributed by atoms with Gasteiger partial charge in [-0.25, -0.2) is 14.4 Å². The molecule has 3 aromatic rings. The van der Waals surface area contributed by atoms with Crippen LogP contribution in [0.4, 0.5) is 26.0 Å². The zero-order valence-corrected chi connectivity index (χ0v) is 16.8. The maximum atomic E-state index is 14.2. The smallest absolute Gasteiger partial charge is 0.243 e. The van der Waals surface area contributed by atoms with Gasteiger partial charge in [0.25, 0.3) is 0 Å². The van der Waals surface area contributed by atoms with Crippen molar-refractivity contribution in [3.8, 4) is 0 Å². The Hall–Kier alpha value is -3.55. The molecule has 0 atom stereocenters. The predicted molar refractivity (Wildman–Crippen MR) is 114 cm³/mol. The lowest BCUT2D eigenvalue weighted by molar-refractivity contribution is -0.114. The summed E-state index contributed by atoms with van der Waals surface area (Å²) in [6.07, 6.45) is 1.58. The molecule has 1 amide bonds. The Labute approximate surface area is 173 Å². The molecule has 0 saturated carbocycles. The first kappa shape index (κ1) is 21.2. The number of aryl methyl sites for hydroxylation is 1. The minimum atomic E-state index is -0.611. The van der Waals surface area contributed by atoms with Crippen molar-refractivity contribution in [2.45, 2.75) is 20.3 Å². The van der Waals surface area contributed by atoms with Crippen LogP contribution in [0.15, 0.2) is 48.7 Å². The molecule has 3 rings (SSSR count). The first-order valence-corrected chi connectivity index (χ1v) is 9.58. The van der Waals surface area contributed by atoms with Gasteiger partial charge >= 0.3 is 0 Å². The molecule has 1 aromatic carbocycles. The van der Waals surface area contributed by atoms with Gasteiger partial charge in [-0.05, 0) is 61.4 Å². The lowest BCUT2D eigenvalue weighted by Gasteiger charge is -2.12. The summed E-state index contributed by atoms with van der Waals surface area (Å²) >= 11 is 0. The second kappa shape index (κ2) is 9.78. The Morgan fingerprint density at radius 1 is 1.03 bits per heavy atom. The van der Waals surface area contributed by atoms with E-state index in [1.165, 1.54) is 24.4 Å². The summed E-state index contributed by atoms with van der Waals surface area (Å²) in [6.45, 7) is 4.60. The molecule has 0 saturated heterocycles. The maximum absolute atomic E-state index is 14.2. The highest BCUT2D eigenvalue weighted by Crippen LogP contribution is 2.19. The van der Waals surface area contributed by atoms with Crippen molar-refractivity contribution in [3.63, 3.8) is 0 Å². The number of carbonyl (C=O) groups is 1. The van der Waals surface area contributed by atoms with E-state index in [1.807, 2.05) is 32.0 Å². The second-order valence-electron chi connectivity index (χ2n) is 6.81. The van der Waals surface area contributed by atoms with Crippen molar-refractivity contribution in [3.05, 3.63) is 77.2 Å². The van der Waals surface area contributed by atoms with Crippen LogP contribution in [-0.2, 0) is 11.2 Å². The van der Waals surface area contributed by atoms with Crippen LogP contribution in [0.2, 0.25) is 0 Å². The van der Waals surface area contributed by atoms with Crippen LogP contribution in [0.3, 0.4) is 0 Å². The lowest BCUT2D eigenvalue weighted by atomic mass is 10.0. The van der Waals surface area contributed by atoms with Gasteiger partial charge < -0.3 is 16.0 Å². The molecule has 2 heterocycles. The van der Waals surface area contributed by atoms with E-state index in [-0.39, 0.29) is 18.3 Å². The number of aromatic nitrogens is 2. The second-order valence-corrected chi connectivity index (χ2v) is 6.81. The van der Waals surface area contributed by atoms with Gasteiger partial charge in [0.15, 0.2) is 0 Å². The normalized spacial score (nSPS) is 10.5. The van der Waals surface area contributed by atoms with Gasteiger partial charge in [-0.2, -0.15) is 4.39 Å². The first-order chi connectivity index (χ1) is 14.4. The molecule has 0 aliphatic rings. The molecule has 0 bridgehead atoms. The minimum Gasteiger partial charge on any atom is -0.376 e. The van der Waals surface area contributed by atoms with E-state index < -0.39 is 5.95 Å². The molecule has 0 unspecified atom stereocenters. The average molecular weight is 411 g/mol. The van der Waals surface area contributed by atoms with E-state index in [1.54, 1.807) is 6.07 Å². The number of halogens is 2. The van der Waals surface area contributed by atoms with E-state index in [0.717, 1.165) is 16.8 Å². The Balaban J connectivity index is 1.65. The van der Waals surface area contributed by atoms with Crippen LogP contribution in [0, 0.1) is 18.7 Å². The monoisotopic (exact) mass is 411 g/mol. The Bertz CT molecular complexity index is 1020. The molecular formula is C22H23F2N5O. The Morgan fingerprint density at radius 2 is 1.87 bits per heavy atom. The number of benzene rings is 1. The zero-order valence-electron chi connectivity index (χ0n) is 16.8. The van der Waals surface area contributed by atoms with E-state index in [4.69, 9.17) is 0 Å². The molecule has 6 nitrogen and oxygen atoms in total. The van der Waals surface area contributed by atoms with Crippen LogP contribution in [0.25, 0.3) is 0 Å². The summed E-state index contributed by atoms with van der Waals surface area (Å²) < 4.78 is 27.0. The number of nitrogens with zero attached hydrogens (tertiary/aromatic N) is 2. The van der Waals surface area contributed by atoms with E-state index in [9.17, 15) is 13.6 Å². The summed E-state index contributed by atoms with van der Waals surface area (Å²) in [5.74, 6) is -0.635. The Kier molecular flexibility index (Phi) is 6.90. The summed E-state index contributed by atoms with van der Waals surface area (Å²) in [7, 11) is 0. The molecule has 2 aromatic heterocycles. The minimum absolute atomic E-state index is 0.0167. The van der Waals surface area contributed by atoms with Crippen molar-refractivity contribution in [1.82, 2.24) is 9.97 Å². The number of hydrogen-bond donors (Lipinski definition) is 3. The van der Waals surface area contributed by atoms with E-state index >= 15 is 0 Å². The van der Waals surface area contributed by atoms with Crippen LogP contribution >= 0.6 is 0 Å². The molecule has 0 spiro atoms. The standard InChI is InChI=1S/C22H23F2N5O/c1-3-25-21-7-5-18(23)19(29-21)11-15-8-14(2)9-17(10-15)26-13-22(30)28-16-4-6-20(24)27-12-16/h4-10,12,26H,3,11,13H2,1-2H3,(H,25,29)(H,28,30). The number of nitrogens with one attached hydrogen (secondary N) is 3. The quantitative estimate of drug-likeness (QED) is 0.486. The third-order valence-corrected chi connectivity index (χ3v) is 4.25. The first-order valence-electron chi connectivity index (χ1n) is 9.58. The van der Waals surface area contributed by atoms with Crippen molar-refractivity contribution in [2.75, 3.05) is 29.0 Å². The van der Waals surface area contributed by atoms with Crippen LogP contribution in [0.5, 0.6) is 0 Å². The fraction of sp³-hybridized carbons (Fsp3) is 0.227. The summed E-state index contributed by atoms with van der Waals surface area (Å²) in [4.78, 5) is 19.9. The maximum Gasteiger partial charge on any atom is 0.243 e. The van der Waals surface area contributed by atoms with Crippen molar-refractivity contribution in [1.29, 1.82) is 0 Å². The van der Waals surface area contributed by atoms with E-state index in [0.29, 0.717) is 30.2 Å². The third kappa shape index (κ3) is 5.97. The van der Waals surface area contributed by atoms with Crippen LogP contribution < -0.4 is 16.0 Å². The van der Waals surface area contributed by atoms with Gasteiger partial charge in [0.05, 0.1) is 24.1 Å². The van der Waals surface area contributed by atoms with Crippen molar-refractivity contribution < 1.29 is 13.6 Å². The molecule has 0 fully saturated rings. The Morgan fingerprint density at radius 3 is 2.60 bits per heavy atom. The van der Waals surface area contributed by atoms with Gasteiger partial charge in [-0.15, -0.1) is 0 Å². The van der Waals surface area contributed by atoms with Crippen LogP contribution in [0.1, 0.15) is 23.7 Å². The number of pyridine rings is 2. The van der Waals surface area contributed by atoms with Gasteiger partial charge in [-0.1, -0.05) is 6.07 Å².